The number of alkyl halides is 3. The third-order valence-electron chi connectivity index (χ3n) is 2.58. The molecule has 5 nitrogen and oxygen atoms in total. The van der Waals surface area contributed by atoms with E-state index in [0.29, 0.717) is 0 Å². The number of anilines is 2. The highest BCUT2D eigenvalue weighted by Crippen LogP contribution is 2.24. The number of carbonyl (C=O) groups is 1. The molecule has 2 aromatic rings. The van der Waals surface area contributed by atoms with E-state index in [0.717, 1.165) is 12.1 Å². The van der Waals surface area contributed by atoms with Crippen molar-refractivity contribution in [3.63, 3.8) is 0 Å². The number of pyridine rings is 1. The minimum Gasteiger partial charge on any atom is -0.481 e. The summed E-state index contributed by atoms with van der Waals surface area (Å²) in [6.07, 6.45) is -4.57. The molecule has 0 fully saturated rings. The predicted molar refractivity (Wildman–Crippen MR) is 74.6 cm³/mol. The molecule has 2 rings (SSSR count). The van der Waals surface area contributed by atoms with Gasteiger partial charge in [0.15, 0.2) is 18.2 Å². The molecule has 0 saturated carbocycles. The summed E-state index contributed by atoms with van der Waals surface area (Å²) < 4.78 is 54.1. The molecule has 0 radical (unpaired) electrons. The van der Waals surface area contributed by atoms with Crippen molar-refractivity contribution >= 4 is 17.4 Å². The molecular formula is C14H11F4N3O2. The van der Waals surface area contributed by atoms with Gasteiger partial charge in [0.1, 0.15) is 11.5 Å². The Morgan fingerprint density at radius 1 is 1.26 bits per heavy atom. The average molecular weight is 329 g/mol. The van der Waals surface area contributed by atoms with Gasteiger partial charge < -0.3 is 15.8 Å². The minimum absolute atomic E-state index is 0.0165. The smallest absolute Gasteiger partial charge is 0.422 e. The van der Waals surface area contributed by atoms with E-state index in [9.17, 15) is 22.4 Å². The highest BCUT2D eigenvalue weighted by atomic mass is 19.4. The highest BCUT2D eigenvalue weighted by molar-refractivity contribution is 6.03. The van der Waals surface area contributed by atoms with Crippen molar-refractivity contribution in [2.45, 2.75) is 6.18 Å². The summed E-state index contributed by atoms with van der Waals surface area (Å²) in [5.41, 5.74) is 5.50. The second-order valence-electron chi connectivity index (χ2n) is 4.45. The van der Waals surface area contributed by atoms with Gasteiger partial charge >= 0.3 is 6.18 Å². The molecule has 0 spiro atoms. The van der Waals surface area contributed by atoms with Crippen LogP contribution in [-0.2, 0) is 0 Å². The molecule has 0 atom stereocenters. The first-order valence-corrected chi connectivity index (χ1v) is 6.27. The number of amides is 1. The first kappa shape index (κ1) is 16.5. The second kappa shape index (κ2) is 6.51. The van der Waals surface area contributed by atoms with Gasteiger partial charge in [0.2, 0.25) is 0 Å². The van der Waals surface area contributed by atoms with Crippen molar-refractivity contribution in [2.75, 3.05) is 17.7 Å². The number of benzene rings is 1. The van der Waals surface area contributed by atoms with E-state index in [4.69, 9.17) is 5.73 Å². The molecule has 0 bridgehead atoms. The number of nitrogens with two attached hydrogens (primary N) is 1. The molecular weight excluding hydrogens is 318 g/mol. The van der Waals surface area contributed by atoms with Gasteiger partial charge in [-0.3, -0.25) is 4.79 Å². The summed E-state index contributed by atoms with van der Waals surface area (Å²) in [6.45, 7) is -1.61. The van der Waals surface area contributed by atoms with E-state index < -0.39 is 30.3 Å². The van der Waals surface area contributed by atoms with Crippen LogP contribution in [0.1, 0.15) is 10.5 Å². The lowest BCUT2D eigenvalue weighted by Gasteiger charge is -2.11. The summed E-state index contributed by atoms with van der Waals surface area (Å²) in [6, 6.07) is 7.45. The number of halogens is 4. The summed E-state index contributed by atoms with van der Waals surface area (Å²) in [7, 11) is 0. The van der Waals surface area contributed by atoms with Crippen molar-refractivity contribution in [1.29, 1.82) is 0 Å². The number of nitrogens with zero attached hydrogens (tertiary/aromatic N) is 1. The standard InChI is InChI=1S/C14H11F4N3O2/c15-9-6-8(4-5-11(9)23-7-14(16,17)18)20-13(22)10-2-1-3-12(19)21-10/h1-6H,7H2,(H2,19,21)(H,20,22). The molecule has 1 amide bonds. The van der Waals surface area contributed by atoms with Crippen LogP contribution >= 0.6 is 0 Å². The Bertz CT molecular complexity index is 719. The minimum atomic E-state index is -4.57. The molecule has 3 N–H and O–H groups in total. The largest absolute Gasteiger partial charge is 0.481 e. The zero-order valence-corrected chi connectivity index (χ0v) is 11.5. The first-order valence-electron chi connectivity index (χ1n) is 6.27. The summed E-state index contributed by atoms with van der Waals surface area (Å²) >= 11 is 0. The van der Waals surface area contributed by atoms with Gasteiger partial charge in [-0.1, -0.05) is 6.07 Å². The van der Waals surface area contributed by atoms with Crippen LogP contribution in [0.3, 0.4) is 0 Å². The van der Waals surface area contributed by atoms with Crippen molar-refractivity contribution in [2.24, 2.45) is 0 Å². The van der Waals surface area contributed by atoms with Gasteiger partial charge in [0.25, 0.3) is 5.91 Å². The average Bonchev–Trinajstić information content (AvgIpc) is 2.45. The van der Waals surface area contributed by atoms with E-state index in [1.807, 2.05) is 0 Å². The zero-order valence-electron chi connectivity index (χ0n) is 11.5. The fourth-order valence-electron chi connectivity index (χ4n) is 1.63. The Kier molecular flexibility index (Phi) is 4.68. The molecule has 9 heteroatoms. The lowest BCUT2D eigenvalue weighted by Crippen LogP contribution is -2.19. The molecule has 1 aromatic carbocycles. The fraction of sp³-hybridized carbons (Fsp3) is 0.143. The number of rotatable bonds is 4. The predicted octanol–water partition coefficient (Wildman–Crippen LogP) is 3.00. The van der Waals surface area contributed by atoms with Crippen LogP contribution < -0.4 is 15.8 Å². The Hall–Kier alpha value is -2.84. The van der Waals surface area contributed by atoms with E-state index >= 15 is 0 Å². The zero-order chi connectivity index (χ0) is 17.0. The SMILES string of the molecule is Nc1cccc(C(=O)Nc2ccc(OCC(F)(F)F)c(F)c2)n1. The Morgan fingerprint density at radius 2 is 2.00 bits per heavy atom. The lowest BCUT2D eigenvalue weighted by atomic mass is 10.2. The molecule has 23 heavy (non-hydrogen) atoms. The number of hydrogen-bond donors (Lipinski definition) is 2. The van der Waals surface area contributed by atoms with Crippen LogP contribution in [0.15, 0.2) is 36.4 Å². The van der Waals surface area contributed by atoms with Gasteiger partial charge in [-0.05, 0) is 24.3 Å². The van der Waals surface area contributed by atoms with E-state index in [1.165, 1.54) is 24.3 Å². The lowest BCUT2D eigenvalue weighted by molar-refractivity contribution is -0.153. The molecule has 0 unspecified atom stereocenters. The van der Waals surface area contributed by atoms with Gasteiger partial charge in [-0.25, -0.2) is 9.37 Å². The third-order valence-corrected chi connectivity index (χ3v) is 2.58. The Balaban J connectivity index is 2.07. The molecule has 1 aromatic heterocycles. The maximum absolute atomic E-state index is 13.7. The van der Waals surface area contributed by atoms with Crippen LogP contribution in [0.5, 0.6) is 5.75 Å². The van der Waals surface area contributed by atoms with Crippen LogP contribution in [0, 0.1) is 5.82 Å². The van der Waals surface area contributed by atoms with Crippen LogP contribution in [-0.4, -0.2) is 23.7 Å². The summed E-state index contributed by atoms with van der Waals surface area (Å²) in [4.78, 5) is 15.7. The molecule has 0 aliphatic rings. The van der Waals surface area contributed by atoms with Gasteiger partial charge in [0.05, 0.1) is 0 Å². The van der Waals surface area contributed by atoms with Crippen molar-refractivity contribution in [3.05, 3.63) is 47.9 Å². The van der Waals surface area contributed by atoms with Crippen molar-refractivity contribution < 1.29 is 27.1 Å². The van der Waals surface area contributed by atoms with Crippen molar-refractivity contribution in [1.82, 2.24) is 4.98 Å². The first-order chi connectivity index (χ1) is 10.7. The van der Waals surface area contributed by atoms with Crippen LogP contribution in [0.4, 0.5) is 29.1 Å². The normalized spacial score (nSPS) is 11.1. The number of nitrogen functional groups attached to an aromatic ring is 1. The van der Waals surface area contributed by atoms with E-state index in [-0.39, 0.29) is 17.2 Å². The highest BCUT2D eigenvalue weighted by Gasteiger charge is 2.29. The number of hydrogen-bond acceptors (Lipinski definition) is 4. The number of carbonyl (C=O) groups excluding carboxylic acids is 1. The van der Waals surface area contributed by atoms with Gasteiger partial charge in [0, 0.05) is 11.8 Å². The maximum atomic E-state index is 13.7. The molecule has 122 valence electrons. The molecule has 0 saturated heterocycles. The van der Waals surface area contributed by atoms with Crippen LogP contribution in [0.2, 0.25) is 0 Å². The third kappa shape index (κ3) is 4.83. The summed E-state index contributed by atoms with van der Waals surface area (Å²) in [5, 5.41) is 2.35. The second-order valence-corrected chi connectivity index (χ2v) is 4.45. The number of nitrogens with one attached hydrogen (secondary N) is 1. The molecule has 1 heterocycles. The number of ether oxygens (including phenoxy) is 1. The van der Waals surface area contributed by atoms with Gasteiger partial charge in [-0.15, -0.1) is 0 Å². The molecule has 0 aliphatic carbocycles. The number of aromatic nitrogens is 1. The summed E-state index contributed by atoms with van der Waals surface area (Å²) in [5.74, 6) is -2.10. The van der Waals surface area contributed by atoms with Crippen molar-refractivity contribution in [3.8, 4) is 5.75 Å². The Morgan fingerprint density at radius 3 is 2.61 bits per heavy atom. The quantitative estimate of drug-likeness (QED) is 0.846. The topological polar surface area (TPSA) is 77.2 Å². The van der Waals surface area contributed by atoms with E-state index in [2.05, 4.69) is 15.0 Å². The monoisotopic (exact) mass is 329 g/mol. The van der Waals surface area contributed by atoms with Gasteiger partial charge in [-0.2, -0.15) is 13.2 Å². The van der Waals surface area contributed by atoms with Crippen LogP contribution in [0.25, 0.3) is 0 Å². The van der Waals surface area contributed by atoms with E-state index in [1.54, 1.807) is 0 Å². The molecule has 0 aliphatic heterocycles. The fourth-order valence-corrected chi connectivity index (χ4v) is 1.63. The maximum Gasteiger partial charge on any atom is 0.422 e. The Labute approximate surface area is 128 Å².